The molecular weight excluding hydrogens is 222 g/mol. The fourth-order valence-corrected chi connectivity index (χ4v) is 0.959. The lowest BCUT2D eigenvalue weighted by Crippen LogP contribution is -2.12. The van der Waals surface area contributed by atoms with Crippen LogP contribution in [0.2, 0.25) is 0 Å². The highest BCUT2D eigenvalue weighted by Crippen LogP contribution is 2.30. The third-order valence-corrected chi connectivity index (χ3v) is 1.84. The molecule has 1 aromatic carbocycles. The first kappa shape index (κ1) is 11.3. The number of rotatable bonds is 3. The van der Waals surface area contributed by atoms with E-state index in [0.717, 1.165) is 6.07 Å². The first-order chi connectivity index (χ1) is 7.04. The molecule has 0 aliphatic heterocycles. The van der Waals surface area contributed by atoms with Crippen LogP contribution in [-0.4, -0.2) is 21.7 Å². The maximum Gasteiger partial charge on any atom is 0.271 e. The fourth-order valence-electron chi connectivity index (χ4n) is 0.900. The van der Waals surface area contributed by atoms with Gasteiger partial charge in [0.15, 0.2) is 0 Å². The largest absolute Gasteiger partial charge is 0.506 e. The Morgan fingerprint density at radius 3 is 2.87 bits per heavy atom. The van der Waals surface area contributed by atoms with Gasteiger partial charge in [0.1, 0.15) is 17.3 Å². The van der Waals surface area contributed by atoms with Crippen molar-refractivity contribution in [2.24, 2.45) is 10.7 Å². The first-order valence-corrected chi connectivity index (χ1v) is 4.44. The van der Waals surface area contributed by atoms with Gasteiger partial charge < -0.3 is 10.8 Å². The summed E-state index contributed by atoms with van der Waals surface area (Å²) in [7, 11) is 0. The molecule has 0 saturated carbocycles. The predicted molar refractivity (Wildman–Crippen MR) is 56.8 cm³/mol. The number of phenols is 1. The van der Waals surface area contributed by atoms with Gasteiger partial charge in [-0.3, -0.25) is 10.1 Å². The molecule has 0 saturated heterocycles. The van der Waals surface area contributed by atoms with Crippen LogP contribution in [0.25, 0.3) is 0 Å². The van der Waals surface area contributed by atoms with E-state index in [1.165, 1.54) is 12.1 Å². The second kappa shape index (κ2) is 4.61. The summed E-state index contributed by atoms with van der Waals surface area (Å²) < 4.78 is 0. The maximum absolute atomic E-state index is 10.4. The number of benzene rings is 1. The Hall–Kier alpha value is -1.82. The Balaban J connectivity index is 3.17. The van der Waals surface area contributed by atoms with E-state index >= 15 is 0 Å². The lowest BCUT2D eigenvalue weighted by molar-refractivity contribution is -0.384. The van der Waals surface area contributed by atoms with Crippen LogP contribution >= 0.6 is 11.6 Å². The summed E-state index contributed by atoms with van der Waals surface area (Å²) in [4.78, 5) is 13.6. The van der Waals surface area contributed by atoms with Crippen molar-refractivity contribution < 1.29 is 10.0 Å². The predicted octanol–water partition coefficient (Wildman–Crippen LogP) is 1.53. The number of hydrogen-bond acceptors (Lipinski definition) is 4. The van der Waals surface area contributed by atoms with Gasteiger partial charge in [-0.1, -0.05) is 0 Å². The van der Waals surface area contributed by atoms with Crippen LogP contribution in [0.15, 0.2) is 23.2 Å². The minimum atomic E-state index is -0.588. The molecule has 0 unspecified atom stereocenters. The van der Waals surface area contributed by atoms with Gasteiger partial charge in [-0.15, -0.1) is 11.6 Å². The molecule has 0 atom stereocenters. The highest BCUT2D eigenvalue weighted by Gasteiger charge is 2.09. The number of aliphatic imine (C=N–C) groups is 1. The number of nitrogens with zero attached hydrogens (tertiary/aromatic N) is 2. The Labute approximate surface area is 90.1 Å². The van der Waals surface area contributed by atoms with Crippen LogP contribution in [-0.2, 0) is 0 Å². The van der Waals surface area contributed by atoms with E-state index in [1.807, 2.05) is 0 Å². The standard InChI is InChI=1S/C8H8ClN3O3/c9-4-8(10)11-6-3-5(12(14)15)1-2-7(6)13/h1-3,13H,4H2,(H2,10,11). The molecule has 0 aromatic heterocycles. The highest BCUT2D eigenvalue weighted by molar-refractivity contribution is 6.28. The molecule has 0 aliphatic carbocycles. The molecule has 0 bridgehead atoms. The summed E-state index contributed by atoms with van der Waals surface area (Å²) in [5, 5.41) is 19.8. The second-order valence-corrected chi connectivity index (χ2v) is 2.93. The fraction of sp³-hybridized carbons (Fsp3) is 0.125. The van der Waals surface area contributed by atoms with Crippen LogP contribution in [0.1, 0.15) is 0 Å². The molecule has 7 heteroatoms. The summed E-state index contributed by atoms with van der Waals surface area (Å²) in [6, 6.07) is 3.47. The summed E-state index contributed by atoms with van der Waals surface area (Å²) in [5.74, 6) is -0.122. The maximum atomic E-state index is 10.4. The van der Waals surface area contributed by atoms with Gasteiger partial charge in [0.05, 0.1) is 10.8 Å². The van der Waals surface area contributed by atoms with E-state index < -0.39 is 4.92 Å². The van der Waals surface area contributed by atoms with Crippen molar-refractivity contribution >= 4 is 28.8 Å². The van der Waals surface area contributed by atoms with Gasteiger partial charge in [0, 0.05) is 12.1 Å². The molecule has 0 fully saturated rings. The van der Waals surface area contributed by atoms with Crippen molar-refractivity contribution in [2.45, 2.75) is 0 Å². The van der Waals surface area contributed by atoms with Gasteiger partial charge in [-0.25, -0.2) is 4.99 Å². The number of alkyl halides is 1. The molecule has 0 radical (unpaired) electrons. The molecular formula is C8H8ClN3O3. The SMILES string of the molecule is NC(CCl)=Nc1cc([N+](=O)[O-])ccc1O. The van der Waals surface area contributed by atoms with Crippen molar-refractivity contribution in [3.8, 4) is 5.75 Å². The van der Waals surface area contributed by atoms with Gasteiger partial charge >= 0.3 is 0 Å². The number of nitro groups is 1. The monoisotopic (exact) mass is 229 g/mol. The van der Waals surface area contributed by atoms with E-state index in [-0.39, 0.29) is 28.8 Å². The first-order valence-electron chi connectivity index (χ1n) is 3.91. The van der Waals surface area contributed by atoms with Gasteiger partial charge in [0.25, 0.3) is 5.69 Å². The lowest BCUT2D eigenvalue weighted by Gasteiger charge is -1.99. The third kappa shape index (κ3) is 2.81. The number of phenolic OH excluding ortho intramolecular Hbond substituents is 1. The van der Waals surface area contributed by atoms with Crippen molar-refractivity contribution in [1.29, 1.82) is 0 Å². The number of amidine groups is 1. The highest BCUT2D eigenvalue weighted by atomic mass is 35.5. The van der Waals surface area contributed by atoms with Crippen LogP contribution in [0.4, 0.5) is 11.4 Å². The Kier molecular flexibility index (Phi) is 3.46. The molecule has 80 valence electrons. The summed E-state index contributed by atoms with van der Waals surface area (Å²) in [6.07, 6.45) is 0. The van der Waals surface area contributed by atoms with E-state index in [9.17, 15) is 15.2 Å². The van der Waals surface area contributed by atoms with Crippen molar-refractivity contribution in [3.63, 3.8) is 0 Å². The molecule has 15 heavy (non-hydrogen) atoms. The molecule has 0 spiro atoms. The van der Waals surface area contributed by atoms with E-state index in [4.69, 9.17) is 17.3 Å². The Bertz CT molecular complexity index is 420. The molecule has 0 amide bonds. The summed E-state index contributed by atoms with van der Waals surface area (Å²) >= 11 is 5.39. The molecule has 0 aliphatic rings. The van der Waals surface area contributed by atoms with Crippen LogP contribution < -0.4 is 5.73 Å². The zero-order valence-electron chi connectivity index (χ0n) is 7.55. The van der Waals surface area contributed by atoms with Crippen LogP contribution in [0.5, 0.6) is 5.75 Å². The average molecular weight is 230 g/mol. The number of non-ortho nitro benzene ring substituents is 1. The van der Waals surface area contributed by atoms with E-state index in [0.29, 0.717) is 0 Å². The Morgan fingerprint density at radius 2 is 2.33 bits per heavy atom. The van der Waals surface area contributed by atoms with Crippen LogP contribution in [0.3, 0.4) is 0 Å². The number of aromatic hydroxyl groups is 1. The molecule has 1 aromatic rings. The normalized spacial score (nSPS) is 11.4. The minimum absolute atomic E-state index is 0.0118. The topological polar surface area (TPSA) is 102 Å². The summed E-state index contributed by atoms with van der Waals surface area (Å²) in [5.41, 5.74) is 5.19. The van der Waals surface area contributed by atoms with Gasteiger partial charge in [0.2, 0.25) is 0 Å². The quantitative estimate of drug-likeness (QED) is 0.270. The summed E-state index contributed by atoms with van der Waals surface area (Å²) in [6.45, 7) is 0. The molecule has 0 heterocycles. The van der Waals surface area contributed by atoms with E-state index in [2.05, 4.69) is 4.99 Å². The Morgan fingerprint density at radius 1 is 1.67 bits per heavy atom. The molecule has 1 rings (SSSR count). The number of nitro benzene ring substituents is 1. The third-order valence-electron chi connectivity index (χ3n) is 1.57. The zero-order chi connectivity index (χ0) is 11.4. The average Bonchev–Trinajstić information content (AvgIpc) is 2.20. The van der Waals surface area contributed by atoms with E-state index in [1.54, 1.807) is 0 Å². The van der Waals surface area contributed by atoms with Crippen molar-refractivity contribution in [2.75, 3.05) is 5.88 Å². The molecule has 6 nitrogen and oxygen atoms in total. The second-order valence-electron chi connectivity index (χ2n) is 2.67. The minimum Gasteiger partial charge on any atom is -0.506 e. The van der Waals surface area contributed by atoms with Gasteiger partial charge in [-0.2, -0.15) is 0 Å². The van der Waals surface area contributed by atoms with Gasteiger partial charge in [-0.05, 0) is 6.07 Å². The number of halogens is 1. The number of nitrogens with two attached hydrogens (primary N) is 1. The zero-order valence-corrected chi connectivity index (χ0v) is 8.31. The number of hydrogen-bond donors (Lipinski definition) is 2. The van der Waals surface area contributed by atoms with Crippen molar-refractivity contribution in [3.05, 3.63) is 28.3 Å². The smallest absolute Gasteiger partial charge is 0.271 e. The molecule has 3 N–H and O–H groups in total. The lowest BCUT2D eigenvalue weighted by atomic mass is 10.2. The van der Waals surface area contributed by atoms with Crippen LogP contribution in [0, 0.1) is 10.1 Å². The van der Waals surface area contributed by atoms with Crippen molar-refractivity contribution in [1.82, 2.24) is 0 Å².